The highest BCUT2D eigenvalue weighted by Gasteiger charge is 2.16. The Balaban J connectivity index is 0.999. The maximum absolute atomic E-state index is 7.02. The number of thiazole rings is 2. The van der Waals surface area contributed by atoms with Crippen molar-refractivity contribution in [2.45, 2.75) is 6.92 Å². The summed E-state index contributed by atoms with van der Waals surface area (Å²) in [6.45, 7) is 2.11. The van der Waals surface area contributed by atoms with Crippen molar-refractivity contribution in [1.29, 1.82) is 0 Å². The molecule has 9 aromatic rings. The van der Waals surface area contributed by atoms with Crippen LogP contribution >= 0.6 is 22.7 Å². The van der Waals surface area contributed by atoms with E-state index in [0.29, 0.717) is 0 Å². The normalized spacial score (nSPS) is 11.1. The topological polar surface area (TPSA) is 103 Å². The van der Waals surface area contributed by atoms with Gasteiger partial charge in [0.15, 0.2) is 0 Å². The maximum atomic E-state index is 7.02. The molecule has 6 heterocycles. The Kier molecular flexibility index (Phi) is 8.84. The van der Waals surface area contributed by atoms with E-state index in [1.165, 1.54) is 0 Å². The molecule has 0 aliphatic rings. The van der Waals surface area contributed by atoms with E-state index >= 15 is 0 Å². The van der Waals surface area contributed by atoms with Gasteiger partial charge in [0.25, 0.3) is 0 Å². The zero-order valence-corrected chi connectivity index (χ0v) is 30.7. The van der Waals surface area contributed by atoms with Gasteiger partial charge in [0.2, 0.25) is 0 Å². The highest BCUT2D eigenvalue weighted by atomic mass is 32.1. The van der Waals surface area contributed by atoms with E-state index in [2.05, 4.69) is 88.3 Å². The van der Waals surface area contributed by atoms with Crippen LogP contribution < -0.4 is 5.73 Å². The number of pyridine rings is 4. The summed E-state index contributed by atoms with van der Waals surface area (Å²) in [4.78, 5) is 28.6. The van der Waals surface area contributed by atoms with Gasteiger partial charge in [-0.3, -0.25) is 9.97 Å². The fourth-order valence-electron chi connectivity index (χ4n) is 6.44. The van der Waals surface area contributed by atoms with Gasteiger partial charge in [0, 0.05) is 51.1 Å². The molecule has 0 radical (unpaired) electrons. The molecule has 0 spiro atoms. The summed E-state index contributed by atoms with van der Waals surface area (Å²) in [5.74, 6) is 0. The molecule has 3 aromatic carbocycles. The predicted octanol–water partition coefficient (Wildman–Crippen LogP) is 11.4. The minimum absolute atomic E-state index is 0.721. The van der Waals surface area contributed by atoms with E-state index in [9.17, 15) is 0 Å². The Hall–Kier alpha value is -6.68. The molecule has 9 rings (SSSR count). The molecule has 0 bridgehead atoms. The Bertz CT molecular complexity index is 2570. The van der Waals surface area contributed by atoms with E-state index in [1.54, 1.807) is 35.1 Å². The summed E-state index contributed by atoms with van der Waals surface area (Å²) in [5, 5.41) is 5.87. The Morgan fingerprint density at radius 1 is 0.407 bits per heavy atom. The summed E-state index contributed by atoms with van der Waals surface area (Å²) in [5.41, 5.74) is 21.6. The molecule has 0 saturated heterocycles. The lowest BCUT2D eigenvalue weighted by atomic mass is 9.92. The minimum Gasteiger partial charge on any atom is -0.398 e. The van der Waals surface area contributed by atoms with Crippen molar-refractivity contribution in [2.24, 2.45) is 0 Å². The Labute approximate surface area is 320 Å². The van der Waals surface area contributed by atoms with Crippen LogP contribution in [0.5, 0.6) is 0 Å². The second-order valence-corrected chi connectivity index (χ2v) is 14.5. The van der Waals surface area contributed by atoms with E-state index in [-0.39, 0.29) is 0 Å². The van der Waals surface area contributed by atoms with Crippen LogP contribution in [0.2, 0.25) is 0 Å². The highest BCUT2D eigenvalue weighted by molar-refractivity contribution is 7.13. The van der Waals surface area contributed by atoms with Crippen molar-refractivity contribution in [2.75, 3.05) is 5.73 Å². The average Bonchev–Trinajstić information content (AvgIpc) is 3.95. The third-order valence-electron chi connectivity index (χ3n) is 9.06. The first kappa shape index (κ1) is 33.2. The monoisotopic (exact) mass is 733 g/mol. The number of hydrogen-bond donors (Lipinski definition) is 1. The fourth-order valence-corrected chi connectivity index (χ4v) is 8.03. The Morgan fingerprint density at radius 3 is 1.30 bits per heavy atom. The molecule has 9 heteroatoms. The lowest BCUT2D eigenvalue weighted by Gasteiger charge is -2.15. The molecule has 6 aromatic heterocycles. The molecule has 0 atom stereocenters. The third kappa shape index (κ3) is 6.69. The van der Waals surface area contributed by atoms with Gasteiger partial charge in [-0.2, -0.15) is 0 Å². The Morgan fingerprint density at radius 2 is 0.833 bits per heavy atom. The summed E-state index contributed by atoms with van der Waals surface area (Å²) >= 11 is 3.16. The van der Waals surface area contributed by atoms with Crippen LogP contribution in [0.15, 0.2) is 157 Å². The predicted molar refractivity (Wildman–Crippen MR) is 222 cm³/mol. The number of anilines is 1. The van der Waals surface area contributed by atoms with Crippen molar-refractivity contribution in [1.82, 2.24) is 29.9 Å². The highest BCUT2D eigenvalue weighted by Crippen LogP contribution is 2.39. The van der Waals surface area contributed by atoms with Crippen LogP contribution in [-0.2, 0) is 0 Å². The van der Waals surface area contributed by atoms with Crippen LogP contribution in [0, 0.1) is 6.92 Å². The largest absolute Gasteiger partial charge is 0.398 e. The molecular weight excluding hydrogens is 703 g/mol. The van der Waals surface area contributed by atoms with Crippen LogP contribution in [0.1, 0.15) is 5.56 Å². The summed E-state index contributed by atoms with van der Waals surface area (Å²) in [7, 11) is 0. The zero-order chi connectivity index (χ0) is 36.4. The first-order valence-corrected chi connectivity index (χ1v) is 19.1. The number of benzene rings is 3. The number of nitrogens with zero attached hydrogens (tertiary/aromatic N) is 6. The number of aryl methyl sites for hydroxylation is 1. The molecule has 7 nitrogen and oxygen atoms in total. The van der Waals surface area contributed by atoms with E-state index < -0.39 is 0 Å². The van der Waals surface area contributed by atoms with Crippen molar-refractivity contribution in [3.8, 4) is 88.9 Å². The summed E-state index contributed by atoms with van der Waals surface area (Å²) < 4.78 is 0. The van der Waals surface area contributed by atoms with Gasteiger partial charge in [0.1, 0.15) is 10.0 Å². The maximum Gasteiger partial charge on any atom is 0.142 e. The van der Waals surface area contributed by atoms with Gasteiger partial charge in [0.05, 0.1) is 45.6 Å². The molecule has 0 fully saturated rings. The lowest BCUT2D eigenvalue weighted by molar-refractivity contribution is 1.24. The number of hydrogen-bond acceptors (Lipinski definition) is 9. The average molecular weight is 734 g/mol. The lowest BCUT2D eigenvalue weighted by Crippen LogP contribution is -1.96. The number of aromatic nitrogens is 6. The van der Waals surface area contributed by atoms with Crippen molar-refractivity contribution in [3.05, 3.63) is 162 Å². The van der Waals surface area contributed by atoms with Gasteiger partial charge >= 0.3 is 0 Å². The van der Waals surface area contributed by atoms with Crippen molar-refractivity contribution in [3.63, 3.8) is 0 Å². The second-order valence-electron chi connectivity index (χ2n) is 12.8. The van der Waals surface area contributed by atoms with Crippen molar-refractivity contribution < 1.29 is 0 Å². The molecule has 0 saturated carbocycles. The molecule has 0 aliphatic carbocycles. The van der Waals surface area contributed by atoms with E-state index in [4.69, 9.17) is 25.7 Å². The summed E-state index contributed by atoms with van der Waals surface area (Å²) in [6, 6.07) is 44.7. The molecule has 0 aliphatic heterocycles. The molecule has 258 valence electrons. The van der Waals surface area contributed by atoms with Gasteiger partial charge in [-0.25, -0.2) is 19.9 Å². The van der Waals surface area contributed by atoms with Crippen LogP contribution in [0.25, 0.3) is 88.9 Å². The molecule has 0 amide bonds. The molecule has 2 N–H and O–H groups in total. The third-order valence-corrected chi connectivity index (χ3v) is 10.8. The van der Waals surface area contributed by atoms with Crippen LogP contribution in [0.4, 0.5) is 5.69 Å². The SMILES string of the molecule is Cc1cc(-c2cccc(-c3csc(-c4cccc(-c5ccccn5)n4)n3)c2)c(N)c(-c2cccc(-c3csc(-c4cccc(-c5ccccn5)n4)n3)c2)c1. The first-order chi connectivity index (χ1) is 26.6. The molecule has 54 heavy (non-hydrogen) atoms. The van der Waals surface area contributed by atoms with Crippen LogP contribution in [-0.4, -0.2) is 29.9 Å². The van der Waals surface area contributed by atoms with Gasteiger partial charge in [-0.05, 0) is 96.4 Å². The fraction of sp³-hybridized carbons (Fsp3) is 0.0222. The van der Waals surface area contributed by atoms with Crippen LogP contribution in [0.3, 0.4) is 0 Å². The number of rotatable bonds is 8. The number of nitrogen functional groups attached to an aromatic ring is 1. The van der Waals surface area contributed by atoms with Gasteiger partial charge < -0.3 is 5.73 Å². The van der Waals surface area contributed by atoms with Crippen molar-refractivity contribution >= 4 is 28.4 Å². The minimum atomic E-state index is 0.721. The smallest absolute Gasteiger partial charge is 0.142 e. The molecular formula is C45H31N7S2. The van der Waals surface area contributed by atoms with E-state index in [0.717, 1.165) is 100 Å². The second kappa shape index (κ2) is 14.4. The van der Waals surface area contributed by atoms with E-state index in [1.807, 2.05) is 72.8 Å². The zero-order valence-electron chi connectivity index (χ0n) is 29.1. The van der Waals surface area contributed by atoms with Gasteiger partial charge in [-0.15, -0.1) is 22.7 Å². The number of nitrogens with two attached hydrogens (primary N) is 1. The quantitative estimate of drug-likeness (QED) is 0.155. The van der Waals surface area contributed by atoms with Gasteiger partial charge in [-0.1, -0.05) is 60.7 Å². The molecule has 0 unspecified atom stereocenters. The standard InChI is InChI=1S/C45H31N7S2/c1-28-22-33(29-10-6-12-31(24-29)41-26-53-44(51-41)39-18-8-16-37(49-39)35-14-2-4-20-47-35)43(46)34(23-28)30-11-7-13-32(25-30)42-27-54-45(52-42)40-19-9-17-38(50-40)36-15-3-5-21-48-36/h2-27H,46H2,1H3. The summed E-state index contributed by atoms with van der Waals surface area (Å²) in [6.07, 6.45) is 3.56. The first-order valence-electron chi connectivity index (χ1n) is 17.4.